The van der Waals surface area contributed by atoms with Gasteiger partial charge in [-0.3, -0.25) is 0 Å². The molecule has 19 heavy (non-hydrogen) atoms. The zero-order valence-electron chi connectivity index (χ0n) is 11.2. The van der Waals surface area contributed by atoms with Crippen molar-refractivity contribution in [2.24, 2.45) is 5.92 Å². The molecule has 0 atom stereocenters. The van der Waals surface area contributed by atoms with E-state index in [-0.39, 0.29) is 6.10 Å². The molecule has 0 spiro atoms. The predicted octanol–water partition coefficient (Wildman–Crippen LogP) is 3.24. The Hall–Kier alpha value is -1.18. The van der Waals surface area contributed by atoms with Crippen molar-refractivity contribution >= 4 is 17.4 Å². The summed E-state index contributed by atoms with van der Waals surface area (Å²) in [5, 5.41) is 22.2. The summed E-state index contributed by atoms with van der Waals surface area (Å²) in [7, 11) is 0. The second kappa shape index (κ2) is 6.83. The summed E-state index contributed by atoms with van der Waals surface area (Å²) in [6, 6.07) is 8.22. The van der Waals surface area contributed by atoms with Crippen LogP contribution in [0.15, 0.2) is 23.1 Å². The first-order valence-electron chi connectivity index (χ1n) is 6.73. The number of anilines is 1. The van der Waals surface area contributed by atoms with E-state index in [4.69, 9.17) is 0 Å². The molecule has 0 aliphatic heterocycles. The summed E-state index contributed by atoms with van der Waals surface area (Å²) in [6.45, 7) is 0.888. The van der Waals surface area contributed by atoms with Crippen LogP contribution in [-0.4, -0.2) is 24.0 Å². The van der Waals surface area contributed by atoms with Gasteiger partial charge in [-0.15, -0.1) is 11.8 Å². The van der Waals surface area contributed by atoms with Crippen molar-refractivity contribution in [3.05, 3.63) is 23.8 Å². The molecule has 0 heterocycles. The van der Waals surface area contributed by atoms with Gasteiger partial charge >= 0.3 is 0 Å². The second-order valence-corrected chi connectivity index (χ2v) is 5.90. The number of hydrogen-bond acceptors (Lipinski definition) is 4. The molecule has 2 N–H and O–H groups in total. The SMILES string of the molecule is CSc1cccc(NCC2CCC(O)CC2)c1C#N. The normalized spacial score (nSPS) is 22.8. The van der Waals surface area contributed by atoms with E-state index >= 15 is 0 Å². The Morgan fingerprint density at radius 3 is 2.74 bits per heavy atom. The zero-order valence-corrected chi connectivity index (χ0v) is 12.0. The monoisotopic (exact) mass is 276 g/mol. The standard InChI is InChI=1S/C15H20N2OS/c1-19-15-4-2-3-14(13(15)9-16)17-10-11-5-7-12(18)8-6-11/h2-4,11-12,17-18H,5-8,10H2,1H3. The van der Waals surface area contributed by atoms with Crippen LogP contribution in [0.1, 0.15) is 31.2 Å². The minimum Gasteiger partial charge on any atom is -0.393 e. The van der Waals surface area contributed by atoms with Crippen LogP contribution in [0.2, 0.25) is 0 Å². The maximum Gasteiger partial charge on any atom is 0.102 e. The molecule has 0 aromatic heterocycles. The van der Waals surface area contributed by atoms with Gasteiger partial charge in [-0.2, -0.15) is 5.26 Å². The van der Waals surface area contributed by atoms with E-state index in [1.54, 1.807) is 11.8 Å². The zero-order chi connectivity index (χ0) is 13.7. The van der Waals surface area contributed by atoms with Gasteiger partial charge in [0.05, 0.1) is 17.4 Å². The smallest absolute Gasteiger partial charge is 0.102 e. The fraction of sp³-hybridized carbons (Fsp3) is 0.533. The number of rotatable bonds is 4. The minimum atomic E-state index is -0.106. The summed E-state index contributed by atoms with van der Waals surface area (Å²) in [4.78, 5) is 1.02. The van der Waals surface area contributed by atoms with Crippen LogP contribution in [0.4, 0.5) is 5.69 Å². The summed E-state index contributed by atoms with van der Waals surface area (Å²) >= 11 is 1.60. The van der Waals surface area contributed by atoms with Gasteiger partial charge in [-0.05, 0) is 50.0 Å². The molecule has 3 nitrogen and oxygen atoms in total. The molecule has 0 bridgehead atoms. The van der Waals surface area contributed by atoms with Crippen molar-refractivity contribution in [3.8, 4) is 6.07 Å². The molecule has 4 heteroatoms. The molecule has 102 valence electrons. The van der Waals surface area contributed by atoms with Crippen LogP contribution in [0.25, 0.3) is 0 Å². The molecule has 0 unspecified atom stereocenters. The third kappa shape index (κ3) is 3.65. The lowest BCUT2D eigenvalue weighted by atomic mass is 9.87. The minimum absolute atomic E-state index is 0.106. The second-order valence-electron chi connectivity index (χ2n) is 5.05. The molecule has 0 radical (unpaired) electrons. The molecular weight excluding hydrogens is 256 g/mol. The lowest BCUT2D eigenvalue weighted by molar-refractivity contribution is 0.111. The maximum atomic E-state index is 9.50. The van der Waals surface area contributed by atoms with Crippen molar-refractivity contribution in [1.82, 2.24) is 0 Å². The van der Waals surface area contributed by atoms with Gasteiger partial charge in [0.2, 0.25) is 0 Å². The van der Waals surface area contributed by atoms with Gasteiger partial charge in [0.1, 0.15) is 6.07 Å². The largest absolute Gasteiger partial charge is 0.393 e. The molecule has 1 aliphatic rings. The Labute approximate surface area is 119 Å². The number of aliphatic hydroxyl groups excluding tert-OH is 1. The first kappa shape index (κ1) is 14.2. The van der Waals surface area contributed by atoms with Crippen molar-refractivity contribution < 1.29 is 5.11 Å². The Balaban J connectivity index is 1.98. The average molecular weight is 276 g/mol. The van der Waals surface area contributed by atoms with Crippen LogP contribution in [0.5, 0.6) is 0 Å². The van der Waals surface area contributed by atoms with E-state index in [9.17, 15) is 10.4 Å². The summed E-state index contributed by atoms with van der Waals surface area (Å²) in [5.74, 6) is 0.605. The van der Waals surface area contributed by atoms with E-state index in [1.807, 2.05) is 24.5 Å². The van der Waals surface area contributed by atoms with Gasteiger partial charge in [0.15, 0.2) is 0 Å². The molecular formula is C15H20N2OS. The predicted molar refractivity (Wildman–Crippen MR) is 79.4 cm³/mol. The van der Waals surface area contributed by atoms with Crippen molar-refractivity contribution in [3.63, 3.8) is 0 Å². The van der Waals surface area contributed by atoms with Crippen LogP contribution in [0, 0.1) is 17.2 Å². The number of nitrogens with one attached hydrogen (secondary N) is 1. The van der Waals surface area contributed by atoms with Gasteiger partial charge in [-0.25, -0.2) is 0 Å². The first-order chi connectivity index (χ1) is 9.24. The highest BCUT2D eigenvalue weighted by atomic mass is 32.2. The van der Waals surface area contributed by atoms with Gasteiger partial charge in [0.25, 0.3) is 0 Å². The molecule has 1 aliphatic carbocycles. The van der Waals surface area contributed by atoms with Gasteiger partial charge in [0, 0.05) is 11.4 Å². The fourth-order valence-electron chi connectivity index (χ4n) is 2.57. The highest BCUT2D eigenvalue weighted by molar-refractivity contribution is 7.98. The van der Waals surface area contributed by atoms with Crippen LogP contribution in [0.3, 0.4) is 0 Å². The third-order valence-electron chi connectivity index (χ3n) is 3.76. The van der Waals surface area contributed by atoms with E-state index in [2.05, 4.69) is 11.4 Å². The van der Waals surface area contributed by atoms with Crippen molar-refractivity contribution in [1.29, 1.82) is 5.26 Å². The molecule has 1 fully saturated rings. The topological polar surface area (TPSA) is 56.0 Å². The summed E-state index contributed by atoms with van der Waals surface area (Å²) in [6.07, 6.45) is 5.83. The van der Waals surface area contributed by atoms with Crippen LogP contribution < -0.4 is 5.32 Å². The summed E-state index contributed by atoms with van der Waals surface area (Å²) in [5.41, 5.74) is 1.67. The third-order valence-corrected chi connectivity index (χ3v) is 4.54. The number of thioether (sulfide) groups is 1. The highest BCUT2D eigenvalue weighted by Gasteiger charge is 2.19. The highest BCUT2D eigenvalue weighted by Crippen LogP contribution is 2.28. The van der Waals surface area contributed by atoms with Crippen molar-refractivity contribution in [2.45, 2.75) is 36.7 Å². The van der Waals surface area contributed by atoms with Crippen LogP contribution in [-0.2, 0) is 0 Å². The van der Waals surface area contributed by atoms with E-state index in [1.165, 1.54) is 0 Å². The Morgan fingerprint density at radius 1 is 1.37 bits per heavy atom. The number of hydrogen-bond donors (Lipinski definition) is 2. The van der Waals surface area contributed by atoms with Crippen molar-refractivity contribution in [2.75, 3.05) is 18.1 Å². The Bertz CT molecular complexity index is 462. The van der Waals surface area contributed by atoms with E-state index in [0.717, 1.165) is 48.4 Å². The number of nitriles is 1. The lowest BCUT2D eigenvalue weighted by Gasteiger charge is -2.26. The maximum absolute atomic E-state index is 9.50. The quantitative estimate of drug-likeness (QED) is 0.829. The number of benzene rings is 1. The molecule has 0 amide bonds. The molecule has 0 saturated heterocycles. The first-order valence-corrected chi connectivity index (χ1v) is 7.96. The lowest BCUT2D eigenvalue weighted by Crippen LogP contribution is -2.23. The molecule has 2 rings (SSSR count). The summed E-state index contributed by atoms with van der Waals surface area (Å²) < 4.78 is 0. The van der Waals surface area contributed by atoms with E-state index in [0.29, 0.717) is 5.92 Å². The number of nitrogens with zero attached hydrogens (tertiary/aromatic N) is 1. The van der Waals surface area contributed by atoms with E-state index < -0.39 is 0 Å². The molecule has 1 saturated carbocycles. The number of aliphatic hydroxyl groups is 1. The Kier molecular flexibility index (Phi) is 5.12. The molecule has 1 aromatic rings. The molecule has 1 aromatic carbocycles. The van der Waals surface area contributed by atoms with Gasteiger partial charge < -0.3 is 10.4 Å². The Morgan fingerprint density at radius 2 is 2.11 bits per heavy atom. The van der Waals surface area contributed by atoms with Gasteiger partial charge in [-0.1, -0.05) is 6.07 Å². The van der Waals surface area contributed by atoms with Crippen LogP contribution >= 0.6 is 11.8 Å². The average Bonchev–Trinajstić information content (AvgIpc) is 2.46. The fourth-order valence-corrected chi connectivity index (χ4v) is 3.14.